The largest absolute Gasteiger partial charge is 0.348 e. The molecule has 0 atom stereocenters. The highest BCUT2D eigenvalue weighted by atomic mass is 19.1. The molecule has 30 heavy (non-hydrogen) atoms. The van der Waals surface area contributed by atoms with Crippen LogP contribution in [0, 0.1) is 17.1 Å². The molecule has 4 rings (SSSR count). The van der Waals surface area contributed by atoms with Crippen molar-refractivity contribution < 1.29 is 13.9 Å². The minimum absolute atomic E-state index is 0.357. The molecule has 0 aliphatic rings. The van der Waals surface area contributed by atoms with Crippen molar-refractivity contribution in [1.29, 1.82) is 5.26 Å². The molecule has 0 saturated heterocycles. The molecule has 150 valence electrons. The Labute approximate surface area is 173 Å². The van der Waals surface area contributed by atoms with Gasteiger partial charge in [-0.2, -0.15) is 5.26 Å². The number of hydrogen-bond donors (Lipinski definition) is 0. The fourth-order valence-electron chi connectivity index (χ4n) is 3.34. The van der Waals surface area contributed by atoms with E-state index < -0.39 is 11.6 Å². The van der Waals surface area contributed by atoms with Gasteiger partial charge in [0.25, 0.3) is 0 Å². The van der Waals surface area contributed by atoms with Gasteiger partial charge in [-0.25, -0.2) is 14.4 Å². The summed E-state index contributed by atoms with van der Waals surface area (Å²) in [6.07, 6.45) is 3.50. The van der Waals surface area contributed by atoms with Gasteiger partial charge in [-0.15, -0.1) is 0 Å². The zero-order valence-electron chi connectivity index (χ0n) is 16.8. The SMILES string of the molecule is COC(C)(OC)c1ccn2c(-c3ccc(F)c(-c4ccccc4C#N)c3)cnc2n1. The van der Waals surface area contributed by atoms with Gasteiger partial charge in [0.1, 0.15) is 11.5 Å². The van der Waals surface area contributed by atoms with Crippen molar-refractivity contribution in [3.63, 3.8) is 0 Å². The van der Waals surface area contributed by atoms with E-state index in [1.165, 1.54) is 6.07 Å². The molecule has 0 saturated carbocycles. The van der Waals surface area contributed by atoms with Gasteiger partial charge in [0.2, 0.25) is 11.6 Å². The van der Waals surface area contributed by atoms with Gasteiger partial charge in [-0.1, -0.05) is 18.2 Å². The van der Waals surface area contributed by atoms with E-state index in [4.69, 9.17) is 9.47 Å². The van der Waals surface area contributed by atoms with Crippen molar-refractivity contribution in [3.05, 3.63) is 78.0 Å². The van der Waals surface area contributed by atoms with Crippen molar-refractivity contribution in [2.75, 3.05) is 14.2 Å². The molecule has 0 unspecified atom stereocenters. The van der Waals surface area contributed by atoms with Gasteiger partial charge >= 0.3 is 0 Å². The van der Waals surface area contributed by atoms with E-state index in [-0.39, 0.29) is 0 Å². The zero-order chi connectivity index (χ0) is 21.3. The van der Waals surface area contributed by atoms with Gasteiger partial charge in [0, 0.05) is 37.1 Å². The lowest BCUT2D eigenvalue weighted by atomic mass is 9.97. The van der Waals surface area contributed by atoms with Crippen LogP contribution in [0.3, 0.4) is 0 Å². The van der Waals surface area contributed by atoms with Gasteiger partial charge in [-0.05, 0) is 37.3 Å². The first-order valence-electron chi connectivity index (χ1n) is 9.25. The molecule has 2 heterocycles. The van der Waals surface area contributed by atoms with Crippen molar-refractivity contribution in [3.8, 4) is 28.5 Å². The molecule has 0 radical (unpaired) electrons. The van der Waals surface area contributed by atoms with E-state index in [9.17, 15) is 9.65 Å². The maximum atomic E-state index is 14.6. The minimum Gasteiger partial charge on any atom is -0.348 e. The molecule has 7 heteroatoms. The summed E-state index contributed by atoms with van der Waals surface area (Å²) in [6.45, 7) is 1.77. The van der Waals surface area contributed by atoms with Crippen LogP contribution in [-0.2, 0) is 15.3 Å². The molecule has 0 spiro atoms. The summed E-state index contributed by atoms with van der Waals surface area (Å²) in [5.41, 5.74) is 3.40. The van der Waals surface area contributed by atoms with Gasteiger partial charge in [0.15, 0.2) is 0 Å². The molecule has 0 amide bonds. The molecule has 6 nitrogen and oxygen atoms in total. The van der Waals surface area contributed by atoms with Crippen LogP contribution >= 0.6 is 0 Å². The third kappa shape index (κ3) is 3.22. The Morgan fingerprint density at radius 2 is 1.83 bits per heavy atom. The summed E-state index contributed by atoms with van der Waals surface area (Å²) >= 11 is 0. The number of ether oxygens (including phenoxy) is 2. The molecular weight excluding hydrogens is 383 g/mol. The molecule has 0 aliphatic heterocycles. The lowest BCUT2D eigenvalue weighted by Gasteiger charge is -2.25. The van der Waals surface area contributed by atoms with E-state index in [1.807, 2.05) is 10.6 Å². The summed E-state index contributed by atoms with van der Waals surface area (Å²) in [5.74, 6) is -0.921. The summed E-state index contributed by atoms with van der Waals surface area (Å²) in [7, 11) is 3.09. The molecule has 0 bridgehead atoms. The highest BCUT2D eigenvalue weighted by molar-refractivity contribution is 5.76. The number of rotatable bonds is 5. The van der Waals surface area contributed by atoms with Crippen LogP contribution in [0.4, 0.5) is 4.39 Å². The second-order valence-electron chi connectivity index (χ2n) is 6.83. The van der Waals surface area contributed by atoms with E-state index >= 15 is 0 Å². The van der Waals surface area contributed by atoms with E-state index in [2.05, 4.69) is 16.0 Å². The van der Waals surface area contributed by atoms with E-state index in [0.29, 0.717) is 28.2 Å². The molecule has 0 fully saturated rings. The highest BCUT2D eigenvalue weighted by Gasteiger charge is 2.28. The smallest absolute Gasteiger partial charge is 0.234 e. The van der Waals surface area contributed by atoms with Crippen LogP contribution in [0.5, 0.6) is 0 Å². The van der Waals surface area contributed by atoms with Crippen LogP contribution in [0.2, 0.25) is 0 Å². The van der Waals surface area contributed by atoms with E-state index in [1.54, 1.807) is 69.8 Å². The predicted octanol–water partition coefficient (Wildman–Crippen LogP) is 4.54. The van der Waals surface area contributed by atoms with Crippen molar-refractivity contribution in [2.45, 2.75) is 12.7 Å². The number of imidazole rings is 1. The number of nitrogens with zero attached hydrogens (tertiary/aromatic N) is 4. The second kappa shape index (κ2) is 7.67. The molecule has 0 N–H and O–H groups in total. The Morgan fingerprint density at radius 1 is 1.07 bits per heavy atom. The quantitative estimate of drug-likeness (QED) is 0.458. The van der Waals surface area contributed by atoms with Crippen molar-refractivity contribution in [1.82, 2.24) is 14.4 Å². The van der Waals surface area contributed by atoms with Crippen LogP contribution in [0.1, 0.15) is 18.2 Å². The second-order valence-corrected chi connectivity index (χ2v) is 6.83. The van der Waals surface area contributed by atoms with Gasteiger partial charge in [0.05, 0.1) is 23.5 Å². The Hall–Kier alpha value is -3.60. The summed E-state index contributed by atoms with van der Waals surface area (Å²) < 4.78 is 27.3. The third-order valence-electron chi connectivity index (χ3n) is 5.22. The lowest BCUT2D eigenvalue weighted by molar-refractivity contribution is -0.204. The van der Waals surface area contributed by atoms with E-state index in [0.717, 1.165) is 11.3 Å². The Balaban J connectivity index is 1.83. The number of hydrogen-bond acceptors (Lipinski definition) is 5. The Morgan fingerprint density at radius 3 is 2.57 bits per heavy atom. The number of methoxy groups -OCH3 is 2. The Kier molecular flexibility index (Phi) is 5.04. The van der Waals surface area contributed by atoms with Gasteiger partial charge < -0.3 is 9.47 Å². The number of benzene rings is 2. The number of halogens is 1. The maximum absolute atomic E-state index is 14.6. The van der Waals surface area contributed by atoms with Crippen LogP contribution in [0.15, 0.2) is 60.9 Å². The van der Waals surface area contributed by atoms with Crippen LogP contribution in [-0.4, -0.2) is 28.6 Å². The zero-order valence-corrected chi connectivity index (χ0v) is 16.8. The topological polar surface area (TPSA) is 72.4 Å². The lowest BCUT2D eigenvalue weighted by Crippen LogP contribution is -2.28. The number of nitriles is 1. The first kappa shape index (κ1) is 19.7. The van der Waals surface area contributed by atoms with Crippen molar-refractivity contribution >= 4 is 5.78 Å². The van der Waals surface area contributed by atoms with Crippen LogP contribution in [0.25, 0.3) is 28.2 Å². The fourth-order valence-corrected chi connectivity index (χ4v) is 3.34. The molecule has 2 aromatic carbocycles. The summed E-state index contributed by atoms with van der Waals surface area (Å²) in [5, 5.41) is 9.38. The first-order chi connectivity index (χ1) is 14.5. The number of aromatic nitrogens is 3. The predicted molar refractivity (Wildman–Crippen MR) is 110 cm³/mol. The summed E-state index contributed by atoms with van der Waals surface area (Å²) in [4.78, 5) is 8.94. The maximum Gasteiger partial charge on any atom is 0.234 e. The molecule has 4 aromatic rings. The van der Waals surface area contributed by atoms with Crippen LogP contribution < -0.4 is 0 Å². The number of fused-ring (bicyclic) bond motifs is 1. The first-order valence-corrected chi connectivity index (χ1v) is 9.25. The van der Waals surface area contributed by atoms with Gasteiger partial charge in [-0.3, -0.25) is 4.40 Å². The minimum atomic E-state index is -0.988. The third-order valence-corrected chi connectivity index (χ3v) is 5.22. The molecular formula is C23H19FN4O2. The Bertz CT molecular complexity index is 1270. The molecule has 2 aromatic heterocycles. The average Bonchev–Trinajstić information content (AvgIpc) is 3.22. The highest BCUT2D eigenvalue weighted by Crippen LogP contribution is 2.31. The standard InChI is InChI=1S/C23H19FN4O2/c1-23(29-2,30-3)21-10-11-28-20(14-26-22(28)27-21)15-8-9-19(24)18(12-15)17-7-5-4-6-16(17)13-25/h4-12,14H,1-3H3. The van der Waals surface area contributed by atoms with Crippen molar-refractivity contribution in [2.24, 2.45) is 0 Å². The normalized spacial score (nSPS) is 11.6. The average molecular weight is 402 g/mol. The summed E-state index contributed by atoms with van der Waals surface area (Å²) in [6, 6.07) is 15.6. The molecule has 0 aliphatic carbocycles. The monoisotopic (exact) mass is 402 g/mol. The fraction of sp³-hybridized carbons (Fsp3) is 0.174.